The number of fused-ring (bicyclic) bond motifs is 1. The molecular formula is C18H16N4O5S. The first-order valence-corrected chi connectivity index (χ1v) is 9.10. The highest BCUT2D eigenvalue weighted by atomic mass is 32.1. The fraction of sp³-hybridized carbons (Fsp3) is 0.167. The van der Waals surface area contributed by atoms with Crippen molar-refractivity contribution in [1.82, 2.24) is 4.98 Å². The molecule has 0 atom stereocenters. The number of nitro groups is 1. The SMILES string of the molecule is CCOc1ccc2nc(NC(=O)CO/N=C/c3cccc([N+](=O)[O-])c3)sc2c1. The molecular weight excluding hydrogens is 384 g/mol. The van der Waals surface area contributed by atoms with Gasteiger partial charge in [-0.15, -0.1) is 0 Å². The van der Waals surface area contributed by atoms with Gasteiger partial charge in [-0.2, -0.15) is 0 Å². The summed E-state index contributed by atoms with van der Waals surface area (Å²) >= 11 is 1.33. The fourth-order valence-electron chi connectivity index (χ4n) is 2.28. The Labute approximate surface area is 163 Å². The number of nitrogens with one attached hydrogen (secondary N) is 1. The van der Waals surface area contributed by atoms with Crippen molar-refractivity contribution in [3.8, 4) is 5.75 Å². The molecule has 0 saturated heterocycles. The largest absolute Gasteiger partial charge is 0.494 e. The number of hydrogen-bond donors (Lipinski definition) is 1. The molecule has 0 fully saturated rings. The third kappa shape index (κ3) is 5.01. The molecule has 0 aliphatic rings. The van der Waals surface area contributed by atoms with Crippen molar-refractivity contribution in [2.45, 2.75) is 6.92 Å². The van der Waals surface area contributed by atoms with Gasteiger partial charge in [-0.1, -0.05) is 28.6 Å². The van der Waals surface area contributed by atoms with Crippen LogP contribution in [-0.2, 0) is 9.63 Å². The Balaban J connectivity index is 1.53. The van der Waals surface area contributed by atoms with Crippen molar-refractivity contribution < 1.29 is 19.3 Å². The van der Waals surface area contributed by atoms with Crippen LogP contribution in [0.4, 0.5) is 10.8 Å². The van der Waals surface area contributed by atoms with E-state index in [1.54, 1.807) is 6.07 Å². The number of anilines is 1. The van der Waals surface area contributed by atoms with Crippen LogP contribution in [0.25, 0.3) is 10.2 Å². The number of non-ortho nitro benzene ring substituents is 1. The predicted octanol–water partition coefficient (Wildman–Crippen LogP) is 3.59. The zero-order valence-electron chi connectivity index (χ0n) is 14.8. The summed E-state index contributed by atoms with van der Waals surface area (Å²) in [6.45, 7) is 2.16. The Morgan fingerprint density at radius 3 is 3.00 bits per heavy atom. The molecule has 2 aromatic carbocycles. The molecule has 0 saturated carbocycles. The van der Waals surface area contributed by atoms with Crippen LogP contribution in [0.1, 0.15) is 12.5 Å². The van der Waals surface area contributed by atoms with Gasteiger partial charge in [0.1, 0.15) is 5.75 Å². The number of ether oxygens (including phenoxy) is 1. The smallest absolute Gasteiger partial charge is 0.270 e. The molecule has 9 nitrogen and oxygen atoms in total. The highest BCUT2D eigenvalue weighted by Gasteiger charge is 2.09. The Morgan fingerprint density at radius 1 is 1.36 bits per heavy atom. The number of aromatic nitrogens is 1. The van der Waals surface area contributed by atoms with Crippen LogP contribution in [0.5, 0.6) is 5.75 Å². The van der Waals surface area contributed by atoms with Gasteiger partial charge in [0.2, 0.25) is 0 Å². The van der Waals surface area contributed by atoms with E-state index in [1.165, 1.54) is 35.8 Å². The number of oxime groups is 1. The van der Waals surface area contributed by atoms with Crippen LogP contribution in [0, 0.1) is 10.1 Å². The minimum Gasteiger partial charge on any atom is -0.494 e. The number of thiazole rings is 1. The van der Waals surface area contributed by atoms with Crippen LogP contribution >= 0.6 is 11.3 Å². The van der Waals surface area contributed by atoms with Gasteiger partial charge >= 0.3 is 0 Å². The molecule has 28 heavy (non-hydrogen) atoms. The van der Waals surface area contributed by atoms with E-state index in [9.17, 15) is 14.9 Å². The second kappa shape index (κ2) is 8.91. The Bertz CT molecular complexity index is 1030. The van der Waals surface area contributed by atoms with Crippen molar-refractivity contribution in [1.29, 1.82) is 0 Å². The quantitative estimate of drug-likeness (QED) is 0.351. The molecule has 0 aliphatic carbocycles. The van der Waals surface area contributed by atoms with Crippen LogP contribution < -0.4 is 10.1 Å². The average Bonchev–Trinajstić information content (AvgIpc) is 3.07. The second-order valence-corrected chi connectivity index (χ2v) is 6.52. The summed E-state index contributed by atoms with van der Waals surface area (Å²) in [5.41, 5.74) is 1.20. The topological polar surface area (TPSA) is 116 Å². The zero-order valence-corrected chi connectivity index (χ0v) is 15.6. The first kappa shape index (κ1) is 19.2. The molecule has 1 heterocycles. The minimum atomic E-state index is -0.499. The Morgan fingerprint density at radius 2 is 2.21 bits per heavy atom. The monoisotopic (exact) mass is 400 g/mol. The lowest BCUT2D eigenvalue weighted by Crippen LogP contribution is -2.16. The molecule has 10 heteroatoms. The van der Waals surface area contributed by atoms with Gasteiger partial charge in [-0.3, -0.25) is 20.2 Å². The first-order chi connectivity index (χ1) is 13.5. The number of nitro benzene ring substituents is 1. The van der Waals surface area contributed by atoms with Gasteiger partial charge in [0.15, 0.2) is 11.7 Å². The molecule has 144 valence electrons. The number of carbonyl (C=O) groups excluding carboxylic acids is 1. The van der Waals surface area contributed by atoms with Crippen LogP contribution in [-0.4, -0.2) is 35.2 Å². The number of carbonyl (C=O) groups is 1. The van der Waals surface area contributed by atoms with E-state index in [0.29, 0.717) is 17.3 Å². The van der Waals surface area contributed by atoms with Gasteiger partial charge in [-0.05, 0) is 25.1 Å². The maximum absolute atomic E-state index is 12.0. The normalized spacial score (nSPS) is 10.9. The van der Waals surface area contributed by atoms with E-state index < -0.39 is 10.8 Å². The summed E-state index contributed by atoms with van der Waals surface area (Å²) in [5.74, 6) is 0.329. The number of nitrogens with zero attached hydrogens (tertiary/aromatic N) is 3. The number of rotatable bonds is 8. The predicted molar refractivity (Wildman–Crippen MR) is 106 cm³/mol. The van der Waals surface area contributed by atoms with Crippen molar-refractivity contribution in [2.75, 3.05) is 18.5 Å². The zero-order chi connectivity index (χ0) is 19.9. The summed E-state index contributed by atoms with van der Waals surface area (Å²) in [6.07, 6.45) is 1.30. The maximum Gasteiger partial charge on any atom is 0.270 e. The Hall–Kier alpha value is -3.53. The lowest BCUT2D eigenvalue weighted by atomic mass is 10.2. The molecule has 1 aromatic heterocycles. The average molecular weight is 400 g/mol. The number of benzene rings is 2. The van der Waals surface area contributed by atoms with E-state index in [2.05, 4.69) is 15.5 Å². The van der Waals surface area contributed by atoms with Crippen LogP contribution in [0.3, 0.4) is 0 Å². The number of amides is 1. The summed E-state index contributed by atoms with van der Waals surface area (Å²) in [4.78, 5) is 31.5. The van der Waals surface area contributed by atoms with Crippen LogP contribution in [0.2, 0.25) is 0 Å². The van der Waals surface area contributed by atoms with Gasteiger partial charge in [0, 0.05) is 17.7 Å². The lowest BCUT2D eigenvalue weighted by Gasteiger charge is -2.00. The second-order valence-electron chi connectivity index (χ2n) is 5.49. The van der Waals surface area contributed by atoms with Crippen molar-refractivity contribution >= 4 is 44.5 Å². The minimum absolute atomic E-state index is 0.0509. The molecule has 0 aliphatic heterocycles. The molecule has 1 amide bonds. The van der Waals surface area contributed by atoms with Crippen molar-refractivity contribution in [3.05, 3.63) is 58.1 Å². The van der Waals surface area contributed by atoms with Crippen molar-refractivity contribution in [3.63, 3.8) is 0 Å². The third-order valence-corrected chi connectivity index (χ3v) is 4.40. The Kier molecular flexibility index (Phi) is 6.12. The lowest BCUT2D eigenvalue weighted by molar-refractivity contribution is -0.384. The molecule has 0 unspecified atom stereocenters. The first-order valence-electron chi connectivity index (χ1n) is 8.28. The molecule has 3 rings (SSSR count). The fourth-order valence-corrected chi connectivity index (χ4v) is 3.19. The molecule has 1 N–H and O–H groups in total. The molecule has 0 radical (unpaired) electrons. The summed E-state index contributed by atoms with van der Waals surface area (Å²) in [5, 5.41) is 17.5. The van der Waals surface area contributed by atoms with E-state index >= 15 is 0 Å². The highest BCUT2D eigenvalue weighted by molar-refractivity contribution is 7.22. The van der Waals surface area contributed by atoms with Crippen molar-refractivity contribution in [2.24, 2.45) is 5.16 Å². The standard InChI is InChI=1S/C18H16N4O5S/c1-2-26-14-6-7-15-16(9-14)28-18(20-15)21-17(23)11-27-19-10-12-4-3-5-13(8-12)22(24)25/h3-10H,2,11H2,1H3,(H,20,21,23)/b19-10+. The third-order valence-electron chi connectivity index (χ3n) is 3.47. The van der Waals surface area contributed by atoms with E-state index in [-0.39, 0.29) is 12.3 Å². The highest BCUT2D eigenvalue weighted by Crippen LogP contribution is 2.29. The van der Waals surface area contributed by atoms with E-state index in [1.807, 2.05) is 25.1 Å². The van der Waals surface area contributed by atoms with E-state index in [0.717, 1.165) is 16.0 Å². The summed E-state index contributed by atoms with van der Waals surface area (Å²) in [6, 6.07) is 11.4. The number of hydrogen-bond acceptors (Lipinski definition) is 8. The van der Waals surface area contributed by atoms with E-state index in [4.69, 9.17) is 9.57 Å². The van der Waals surface area contributed by atoms with Gasteiger partial charge in [0.25, 0.3) is 11.6 Å². The molecule has 0 bridgehead atoms. The van der Waals surface area contributed by atoms with Gasteiger partial charge < -0.3 is 9.57 Å². The summed E-state index contributed by atoms with van der Waals surface area (Å²) in [7, 11) is 0. The molecule has 0 spiro atoms. The van der Waals surface area contributed by atoms with Crippen LogP contribution in [0.15, 0.2) is 47.6 Å². The maximum atomic E-state index is 12.0. The molecule has 3 aromatic rings. The van der Waals surface area contributed by atoms with Gasteiger partial charge in [0.05, 0.1) is 28.0 Å². The van der Waals surface area contributed by atoms with Gasteiger partial charge in [-0.25, -0.2) is 4.98 Å². The summed E-state index contributed by atoms with van der Waals surface area (Å²) < 4.78 is 6.34.